The van der Waals surface area contributed by atoms with Crippen molar-refractivity contribution in [2.24, 2.45) is 5.92 Å². The highest BCUT2D eigenvalue weighted by atomic mass is 15.2. The van der Waals surface area contributed by atoms with E-state index in [9.17, 15) is 0 Å². The summed E-state index contributed by atoms with van der Waals surface area (Å²) in [6.07, 6.45) is 2.99. The van der Waals surface area contributed by atoms with Gasteiger partial charge in [-0.05, 0) is 45.7 Å². The van der Waals surface area contributed by atoms with Crippen molar-refractivity contribution in [1.29, 1.82) is 5.26 Å². The van der Waals surface area contributed by atoms with Crippen LogP contribution in [0.25, 0.3) is 0 Å². The van der Waals surface area contributed by atoms with Crippen molar-refractivity contribution in [1.82, 2.24) is 10.2 Å². The lowest BCUT2D eigenvalue weighted by atomic mass is 10.1. The third-order valence-corrected chi connectivity index (χ3v) is 3.57. The van der Waals surface area contributed by atoms with E-state index in [4.69, 9.17) is 5.26 Å². The molecule has 1 N–H and O–H groups in total. The van der Waals surface area contributed by atoms with Crippen molar-refractivity contribution in [2.75, 3.05) is 19.6 Å². The second kappa shape index (κ2) is 6.88. The minimum atomic E-state index is 0.387. The Bertz CT molecular complexity index is 232. The van der Waals surface area contributed by atoms with Gasteiger partial charge in [-0.3, -0.25) is 0 Å². The quantitative estimate of drug-likeness (QED) is 0.748. The van der Waals surface area contributed by atoms with Gasteiger partial charge in [0.1, 0.15) is 0 Å². The van der Waals surface area contributed by atoms with Gasteiger partial charge >= 0.3 is 0 Å². The number of nitrogens with zero attached hydrogens (tertiary/aromatic N) is 2. The van der Waals surface area contributed by atoms with E-state index in [-0.39, 0.29) is 0 Å². The minimum Gasteiger partial charge on any atom is -0.313 e. The van der Waals surface area contributed by atoms with E-state index in [0.717, 1.165) is 18.9 Å². The molecule has 0 aromatic carbocycles. The van der Waals surface area contributed by atoms with Crippen molar-refractivity contribution in [2.45, 2.75) is 52.1 Å². The zero-order valence-electron chi connectivity index (χ0n) is 10.9. The predicted octanol–water partition coefficient (Wildman–Crippen LogP) is 2.00. The van der Waals surface area contributed by atoms with Crippen molar-refractivity contribution in [3.05, 3.63) is 0 Å². The fraction of sp³-hybridized carbons (Fsp3) is 0.923. The Kier molecular flexibility index (Phi) is 5.79. The molecular formula is C13H25N3. The maximum absolute atomic E-state index is 8.68. The van der Waals surface area contributed by atoms with Crippen LogP contribution in [-0.2, 0) is 0 Å². The van der Waals surface area contributed by atoms with Crippen LogP contribution in [0, 0.1) is 17.2 Å². The summed E-state index contributed by atoms with van der Waals surface area (Å²) in [6, 6.07) is 3.31. The third-order valence-electron chi connectivity index (χ3n) is 3.57. The summed E-state index contributed by atoms with van der Waals surface area (Å²) in [4.78, 5) is 2.54. The average Bonchev–Trinajstić information content (AvgIpc) is 2.73. The lowest BCUT2D eigenvalue weighted by Crippen LogP contribution is -2.35. The molecule has 0 spiro atoms. The summed E-state index contributed by atoms with van der Waals surface area (Å²) in [5.41, 5.74) is 0. The van der Waals surface area contributed by atoms with E-state index in [1.54, 1.807) is 0 Å². The summed E-state index contributed by atoms with van der Waals surface area (Å²) in [6.45, 7) is 10.2. The van der Waals surface area contributed by atoms with E-state index < -0.39 is 0 Å². The van der Waals surface area contributed by atoms with Crippen molar-refractivity contribution in [3.63, 3.8) is 0 Å². The van der Waals surface area contributed by atoms with Crippen LogP contribution in [0.15, 0.2) is 0 Å². The van der Waals surface area contributed by atoms with Gasteiger partial charge in [-0.1, -0.05) is 6.92 Å². The zero-order valence-corrected chi connectivity index (χ0v) is 10.9. The van der Waals surface area contributed by atoms with Gasteiger partial charge in [0.15, 0.2) is 0 Å². The summed E-state index contributed by atoms with van der Waals surface area (Å²) in [5, 5.41) is 12.2. The number of nitriles is 1. The fourth-order valence-corrected chi connectivity index (χ4v) is 2.30. The number of hydrogen-bond donors (Lipinski definition) is 1. The Labute approximate surface area is 99.8 Å². The Hall–Kier alpha value is -0.590. The number of likely N-dealkylation sites (tertiary alicyclic amines) is 1. The van der Waals surface area contributed by atoms with Gasteiger partial charge in [0.25, 0.3) is 0 Å². The average molecular weight is 223 g/mol. The molecule has 0 aliphatic carbocycles. The molecule has 1 aliphatic rings. The standard InChI is InChI=1S/C13H25N3/c1-4-13(5-7-14)15-9-12-6-8-16(10-12)11(2)3/h11-13,15H,4-6,8-10H2,1-3H3. The van der Waals surface area contributed by atoms with Crippen LogP contribution in [0.3, 0.4) is 0 Å². The van der Waals surface area contributed by atoms with Crippen LogP contribution in [0.1, 0.15) is 40.0 Å². The second-order valence-corrected chi connectivity index (χ2v) is 5.12. The smallest absolute Gasteiger partial charge is 0.0638 e. The van der Waals surface area contributed by atoms with Crippen molar-refractivity contribution in [3.8, 4) is 6.07 Å². The molecular weight excluding hydrogens is 198 g/mol. The highest BCUT2D eigenvalue weighted by Crippen LogP contribution is 2.17. The Morgan fingerprint density at radius 2 is 2.25 bits per heavy atom. The monoisotopic (exact) mass is 223 g/mol. The highest BCUT2D eigenvalue weighted by Gasteiger charge is 2.24. The summed E-state index contributed by atoms with van der Waals surface area (Å²) >= 11 is 0. The number of rotatable bonds is 6. The van der Waals surface area contributed by atoms with Gasteiger partial charge in [0.05, 0.1) is 12.5 Å². The molecule has 1 aliphatic heterocycles. The van der Waals surface area contributed by atoms with Crippen LogP contribution in [0.4, 0.5) is 0 Å². The molecule has 0 amide bonds. The SMILES string of the molecule is CCC(CC#N)NCC1CCN(C(C)C)C1. The summed E-state index contributed by atoms with van der Waals surface area (Å²) in [7, 11) is 0. The molecule has 0 bridgehead atoms. The van der Waals surface area contributed by atoms with Gasteiger partial charge in [-0.25, -0.2) is 0 Å². The molecule has 0 saturated carbocycles. The molecule has 1 heterocycles. The van der Waals surface area contributed by atoms with Gasteiger partial charge in [-0.15, -0.1) is 0 Å². The lowest BCUT2D eigenvalue weighted by Gasteiger charge is -2.21. The molecule has 2 atom stereocenters. The normalized spacial score (nSPS) is 23.6. The molecule has 0 aromatic rings. The molecule has 0 radical (unpaired) electrons. The first-order valence-electron chi connectivity index (χ1n) is 6.51. The second-order valence-electron chi connectivity index (χ2n) is 5.12. The fourth-order valence-electron chi connectivity index (χ4n) is 2.30. The minimum absolute atomic E-state index is 0.387. The van der Waals surface area contributed by atoms with Crippen LogP contribution >= 0.6 is 0 Å². The van der Waals surface area contributed by atoms with E-state index in [1.165, 1.54) is 19.5 Å². The van der Waals surface area contributed by atoms with E-state index >= 15 is 0 Å². The van der Waals surface area contributed by atoms with Crippen LogP contribution < -0.4 is 5.32 Å². The first-order chi connectivity index (χ1) is 7.67. The predicted molar refractivity (Wildman–Crippen MR) is 67.1 cm³/mol. The Morgan fingerprint density at radius 3 is 2.75 bits per heavy atom. The van der Waals surface area contributed by atoms with Crippen LogP contribution in [-0.4, -0.2) is 36.6 Å². The van der Waals surface area contributed by atoms with Crippen molar-refractivity contribution < 1.29 is 0 Å². The first-order valence-corrected chi connectivity index (χ1v) is 6.51. The summed E-state index contributed by atoms with van der Waals surface area (Å²) in [5.74, 6) is 0.773. The maximum atomic E-state index is 8.68. The van der Waals surface area contributed by atoms with Gasteiger partial charge in [0, 0.05) is 18.6 Å². The third kappa shape index (κ3) is 4.11. The first kappa shape index (κ1) is 13.5. The number of hydrogen-bond acceptors (Lipinski definition) is 3. The van der Waals surface area contributed by atoms with Gasteiger partial charge < -0.3 is 10.2 Å². The Morgan fingerprint density at radius 1 is 1.50 bits per heavy atom. The van der Waals surface area contributed by atoms with Gasteiger partial charge in [0.2, 0.25) is 0 Å². The number of nitrogens with one attached hydrogen (secondary N) is 1. The summed E-state index contributed by atoms with van der Waals surface area (Å²) < 4.78 is 0. The van der Waals surface area contributed by atoms with Crippen LogP contribution in [0.2, 0.25) is 0 Å². The maximum Gasteiger partial charge on any atom is 0.0638 e. The van der Waals surface area contributed by atoms with Crippen molar-refractivity contribution >= 4 is 0 Å². The molecule has 1 fully saturated rings. The molecule has 3 nitrogen and oxygen atoms in total. The van der Waals surface area contributed by atoms with Gasteiger partial charge in [-0.2, -0.15) is 5.26 Å². The molecule has 3 heteroatoms. The molecule has 16 heavy (non-hydrogen) atoms. The van der Waals surface area contributed by atoms with Crippen LogP contribution in [0.5, 0.6) is 0 Å². The zero-order chi connectivity index (χ0) is 12.0. The molecule has 92 valence electrons. The van der Waals surface area contributed by atoms with E-state index in [0.29, 0.717) is 18.5 Å². The molecule has 2 unspecified atom stereocenters. The Balaban J connectivity index is 2.21. The largest absolute Gasteiger partial charge is 0.313 e. The molecule has 0 aromatic heterocycles. The topological polar surface area (TPSA) is 39.1 Å². The highest BCUT2D eigenvalue weighted by molar-refractivity contribution is 4.83. The van der Waals surface area contributed by atoms with E-state index in [1.807, 2.05) is 0 Å². The lowest BCUT2D eigenvalue weighted by molar-refractivity contribution is 0.262. The van der Waals surface area contributed by atoms with E-state index in [2.05, 4.69) is 37.1 Å². The molecule has 1 saturated heterocycles. The molecule has 1 rings (SSSR count).